The average molecular weight is 390 g/mol. The van der Waals surface area contributed by atoms with E-state index >= 15 is 0 Å². The summed E-state index contributed by atoms with van der Waals surface area (Å²) in [5, 5.41) is 2.64. The molecule has 0 saturated carbocycles. The highest BCUT2D eigenvalue weighted by Gasteiger charge is 2.38. The number of anilines is 1. The maximum Gasteiger partial charge on any atom is 0.247 e. The van der Waals surface area contributed by atoms with Crippen molar-refractivity contribution >= 4 is 49.4 Å². The van der Waals surface area contributed by atoms with E-state index in [0.717, 1.165) is 14.6 Å². The number of hydrogen-bond donors (Lipinski definition) is 1. The highest BCUT2D eigenvalue weighted by Crippen LogP contribution is 2.33. The van der Waals surface area contributed by atoms with Gasteiger partial charge in [-0.1, -0.05) is 29.8 Å². The molecule has 2 amide bonds. The molecule has 0 spiro atoms. The number of piperazine rings is 1. The molecule has 102 valence electrons. The molecule has 1 heterocycles. The van der Waals surface area contributed by atoms with E-state index in [4.69, 9.17) is 0 Å². The lowest BCUT2D eigenvalue weighted by Gasteiger charge is -2.37. The van der Waals surface area contributed by atoms with Crippen LogP contribution in [0.25, 0.3) is 0 Å². The molecule has 6 heteroatoms. The first kappa shape index (κ1) is 14.5. The van der Waals surface area contributed by atoms with Crippen LogP contribution in [0.1, 0.15) is 13.8 Å². The molecule has 1 saturated heterocycles. The summed E-state index contributed by atoms with van der Waals surface area (Å²) < 4.78 is 1.70. The predicted octanol–water partition coefficient (Wildman–Crippen LogP) is 2.70. The third kappa shape index (κ3) is 2.84. The lowest BCUT2D eigenvalue weighted by atomic mass is 9.98. The fourth-order valence-corrected chi connectivity index (χ4v) is 3.42. The van der Waals surface area contributed by atoms with Crippen LogP contribution in [-0.4, -0.2) is 24.4 Å². The van der Waals surface area contributed by atoms with Crippen LogP contribution in [0.15, 0.2) is 27.1 Å². The molecule has 1 aromatic carbocycles. The number of hydrogen-bond acceptors (Lipinski definition) is 2. The Morgan fingerprint density at radius 2 is 2.00 bits per heavy atom. The number of benzene rings is 1. The largest absolute Gasteiger partial charge is 0.345 e. The van der Waals surface area contributed by atoms with Crippen LogP contribution >= 0.6 is 31.9 Å². The summed E-state index contributed by atoms with van der Waals surface area (Å²) in [7, 11) is 0. The van der Waals surface area contributed by atoms with Crippen molar-refractivity contribution in [2.45, 2.75) is 19.9 Å². The van der Waals surface area contributed by atoms with E-state index in [9.17, 15) is 9.59 Å². The number of rotatable bonds is 2. The maximum atomic E-state index is 12.2. The van der Waals surface area contributed by atoms with E-state index in [0.29, 0.717) is 0 Å². The number of nitrogens with one attached hydrogen (secondary N) is 1. The lowest BCUT2D eigenvalue weighted by molar-refractivity contribution is -0.131. The van der Waals surface area contributed by atoms with Crippen LogP contribution in [-0.2, 0) is 9.59 Å². The van der Waals surface area contributed by atoms with Crippen molar-refractivity contribution in [1.29, 1.82) is 0 Å². The molecule has 0 radical (unpaired) electrons. The molecule has 1 unspecified atom stereocenters. The summed E-state index contributed by atoms with van der Waals surface area (Å²) in [5.41, 5.74) is 0.724. The first-order valence-corrected chi connectivity index (χ1v) is 7.55. The Labute approximate surface area is 128 Å². The van der Waals surface area contributed by atoms with Crippen molar-refractivity contribution in [2.24, 2.45) is 5.92 Å². The zero-order valence-electron chi connectivity index (χ0n) is 10.6. The van der Waals surface area contributed by atoms with Crippen molar-refractivity contribution in [3.8, 4) is 0 Å². The van der Waals surface area contributed by atoms with E-state index in [1.54, 1.807) is 4.90 Å². The van der Waals surface area contributed by atoms with Crippen molar-refractivity contribution < 1.29 is 9.59 Å². The molecule has 1 atom stereocenters. The summed E-state index contributed by atoms with van der Waals surface area (Å²) in [4.78, 5) is 25.8. The molecule has 1 N–H and O–H groups in total. The maximum absolute atomic E-state index is 12.2. The molecular formula is C13H14Br2N2O2. The van der Waals surface area contributed by atoms with Gasteiger partial charge in [0.05, 0.1) is 12.2 Å². The van der Waals surface area contributed by atoms with Gasteiger partial charge >= 0.3 is 0 Å². The molecule has 1 aliphatic heterocycles. The van der Waals surface area contributed by atoms with Gasteiger partial charge in [-0.25, -0.2) is 0 Å². The van der Waals surface area contributed by atoms with Crippen LogP contribution in [0, 0.1) is 5.92 Å². The number of carbonyl (C=O) groups is 2. The van der Waals surface area contributed by atoms with Crippen LogP contribution in [0.2, 0.25) is 0 Å². The van der Waals surface area contributed by atoms with E-state index in [-0.39, 0.29) is 24.3 Å². The van der Waals surface area contributed by atoms with Crippen molar-refractivity contribution in [3.05, 3.63) is 27.1 Å². The first-order chi connectivity index (χ1) is 8.91. The molecule has 1 fully saturated rings. The van der Waals surface area contributed by atoms with Crippen LogP contribution in [0.5, 0.6) is 0 Å². The third-order valence-corrected chi connectivity index (χ3v) is 4.16. The van der Waals surface area contributed by atoms with Gasteiger partial charge in [0.15, 0.2) is 0 Å². The SMILES string of the molecule is CC(C)C1C(=O)NCC(=O)N1c1ccc(Br)cc1Br. The molecule has 19 heavy (non-hydrogen) atoms. The molecule has 1 aliphatic rings. The van der Waals surface area contributed by atoms with E-state index in [2.05, 4.69) is 37.2 Å². The zero-order valence-corrected chi connectivity index (χ0v) is 13.8. The minimum atomic E-state index is -0.473. The van der Waals surface area contributed by atoms with E-state index in [1.807, 2.05) is 32.0 Å². The molecule has 0 bridgehead atoms. The Morgan fingerprint density at radius 1 is 1.32 bits per heavy atom. The third-order valence-electron chi connectivity index (χ3n) is 3.03. The predicted molar refractivity (Wildman–Crippen MR) is 81.0 cm³/mol. The van der Waals surface area contributed by atoms with Crippen molar-refractivity contribution in [3.63, 3.8) is 0 Å². The molecular weight excluding hydrogens is 376 g/mol. The first-order valence-electron chi connectivity index (χ1n) is 5.96. The zero-order chi connectivity index (χ0) is 14.2. The normalized spacial score (nSPS) is 19.8. The molecule has 2 rings (SSSR count). The van der Waals surface area contributed by atoms with E-state index < -0.39 is 6.04 Å². The molecule has 1 aromatic rings. The van der Waals surface area contributed by atoms with Gasteiger partial charge in [-0.3, -0.25) is 14.5 Å². The fraction of sp³-hybridized carbons (Fsp3) is 0.385. The Bertz CT molecular complexity index is 531. The Hall–Kier alpha value is -0.880. The number of nitrogens with zero attached hydrogens (tertiary/aromatic N) is 1. The lowest BCUT2D eigenvalue weighted by Crippen LogP contribution is -2.60. The summed E-state index contributed by atoms with van der Waals surface area (Å²) in [5.74, 6) is -0.162. The minimum Gasteiger partial charge on any atom is -0.345 e. The van der Waals surface area contributed by atoms with Gasteiger partial charge in [0, 0.05) is 8.95 Å². The average Bonchev–Trinajstić information content (AvgIpc) is 2.32. The standard InChI is InChI=1S/C13H14Br2N2O2/c1-7(2)12-13(19)16-6-11(18)17(12)10-4-3-8(14)5-9(10)15/h3-5,7,12H,6H2,1-2H3,(H,16,19). The van der Waals surface area contributed by atoms with Crippen molar-refractivity contribution in [2.75, 3.05) is 11.4 Å². The topological polar surface area (TPSA) is 49.4 Å². The number of carbonyl (C=O) groups excluding carboxylic acids is 2. The van der Waals surface area contributed by atoms with Crippen molar-refractivity contribution in [1.82, 2.24) is 5.32 Å². The molecule has 0 aromatic heterocycles. The second kappa shape index (κ2) is 5.63. The van der Waals surface area contributed by atoms with Gasteiger partial charge in [-0.05, 0) is 40.0 Å². The summed E-state index contributed by atoms with van der Waals surface area (Å²) in [6, 6.07) is 5.09. The number of halogens is 2. The number of amides is 2. The highest BCUT2D eigenvalue weighted by molar-refractivity contribution is 9.11. The summed E-state index contributed by atoms with van der Waals surface area (Å²) in [6.07, 6.45) is 0. The smallest absolute Gasteiger partial charge is 0.247 e. The molecule has 4 nitrogen and oxygen atoms in total. The highest BCUT2D eigenvalue weighted by atomic mass is 79.9. The van der Waals surface area contributed by atoms with Gasteiger partial charge in [0.25, 0.3) is 0 Å². The quantitative estimate of drug-likeness (QED) is 0.845. The van der Waals surface area contributed by atoms with Gasteiger partial charge in [-0.15, -0.1) is 0 Å². The second-order valence-electron chi connectivity index (χ2n) is 4.77. The molecule has 0 aliphatic carbocycles. The van der Waals surface area contributed by atoms with Gasteiger partial charge in [0.2, 0.25) is 11.8 Å². The Kier molecular flexibility index (Phi) is 4.30. The minimum absolute atomic E-state index is 0.0415. The Balaban J connectivity index is 2.48. The van der Waals surface area contributed by atoms with Gasteiger partial charge < -0.3 is 5.32 Å². The monoisotopic (exact) mass is 388 g/mol. The Morgan fingerprint density at radius 3 is 2.58 bits per heavy atom. The fourth-order valence-electron chi connectivity index (χ4n) is 2.19. The van der Waals surface area contributed by atoms with Gasteiger partial charge in [0.1, 0.15) is 6.04 Å². The van der Waals surface area contributed by atoms with E-state index in [1.165, 1.54) is 0 Å². The summed E-state index contributed by atoms with van der Waals surface area (Å²) in [6.45, 7) is 3.91. The second-order valence-corrected chi connectivity index (χ2v) is 6.54. The summed E-state index contributed by atoms with van der Waals surface area (Å²) >= 11 is 6.83. The van der Waals surface area contributed by atoms with Crippen LogP contribution < -0.4 is 10.2 Å². The van der Waals surface area contributed by atoms with Crippen LogP contribution in [0.4, 0.5) is 5.69 Å². The van der Waals surface area contributed by atoms with Crippen LogP contribution in [0.3, 0.4) is 0 Å². The van der Waals surface area contributed by atoms with Gasteiger partial charge in [-0.2, -0.15) is 0 Å².